The molecule has 0 radical (unpaired) electrons. The van der Waals surface area contributed by atoms with Gasteiger partial charge in [-0.25, -0.2) is 4.79 Å². The first-order chi connectivity index (χ1) is 9.23. The van der Waals surface area contributed by atoms with Gasteiger partial charge in [0, 0.05) is 11.4 Å². The maximum atomic E-state index is 12.5. The molecule has 0 saturated heterocycles. The first-order valence-corrected chi connectivity index (χ1v) is 7.46. The SMILES string of the molecule is CC(C)(C)[C@@H](N)C(=O)N1CCc2sccc2C1C(=O)O. The van der Waals surface area contributed by atoms with E-state index in [1.54, 1.807) is 17.4 Å². The predicted octanol–water partition coefficient (Wildman–Crippen LogP) is 1.63. The van der Waals surface area contributed by atoms with Gasteiger partial charge in [-0.15, -0.1) is 11.3 Å². The van der Waals surface area contributed by atoms with Crippen LogP contribution in [0, 0.1) is 5.41 Å². The first kappa shape index (κ1) is 15.0. The van der Waals surface area contributed by atoms with Crippen LogP contribution in [0.5, 0.6) is 0 Å². The summed E-state index contributed by atoms with van der Waals surface area (Å²) in [5.41, 5.74) is 6.33. The molecule has 0 saturated carbocycles. The Bertz CT molecular complexity index is 533. The van der Waals surface area contributed by atoms with Crippen LogP contribution in [-0.2, 0) is 16.0 Å². The summed E-state index contributed by atoms with van der Waals surface area (Å²) in [5.74, 6) is -1.29. The van der Waals surface area contributed by atoms with E-state index in [-0.39, 0.29) is 5.91 Å². The largest absolute Gasteiger partial charge is 0.479 e. The second kappa shape index (κ2) is 5.18. The zero-order chi connectivity index (χ0) is 15.1. The van der Waals surface area contributed by atoms with E-state index >= 15 is 0 Å². The minimum Gasteiger partial charge on any atom is -0.479 e. The molecule has 1 aromatic heterocycles. The Morgan fingerprint density at radius 2 is 2.15 bits per heavy atom. The number of hydrogen-bond acceptors (Lipinski definition) is 4. The highest BCUT2D eigenvalue weighted by Crippen LogP contribution is 2.34. The quantitative estimate of drug-likeness (QED) is 0.869. The van der Waals surface area contributed by atoms with Crippen LogP contribution in [0.2, 0.25) is 0 Å². The molecule has 2 heterocycles. The molecular weight excluding hydrogens is 276 g/mol. The topological polar surface area (TPSA) is 83.6 Å². The van der Waals surface area contributed by atoms with E-state index in [0.29, 0.717) is 13.0 Å². The third-order valence-electron chi connectivity index (χ3n) is 3.68. The van der Waals surface area contributed by atoms with Crippen LogP contribution in [-0.4, -0.2) is 34.5 Å². The molecular formula is C14H20N2O3S. The number of carboxylic acids is 1. The lowest BCUT2D eigenvalue weighted by atomic mass is 9.85. The third kappa shape index (κ3) is 2.58. The average molecular weight is 296 g/mol. The van der Waals surface area contributed by atoms with Gasteiger partial charge in [0.05, 0.1) is 6.04 Å². The normalized spacial score (nSPS) is 20.4. The van der Waals surface area contributed by atoms with Crippen molar-refractivity contribution in [2.75, 3.05) is 6.54 Å². The summed E-state index contributed by atoms with van der Waals surface area (Å²) < 4.78 is 0. The molecule has 110 valence electrons. The predicted molar refractivity (Wildman–Crippen MR) is 77.5 cm³/mol. The highest BCUT2D eigenvalue weighted by atomic mass is 32.1. The van der Waals surface area contributed by atoms with Gasteiger partial charge in [0.1, 0.15) is 0 Å². The van der Waals surface area contributed by atoms with Crippen molar-refractivity contribution in [3.63, 3.8) is 0 Å². The monoisotopic (exact) mass is 296 g/mol. The zero-order valence-corrected chi connectivity index (χ0v) is 12.7. The summed E-state index contributed by atoms with van der Waals surface area (Å²) in [5, 5.41) is 11.4. The standard InChI is InChI=1S/C14H20N2O3S/c1-14(2,3)11(15)12(17)16-6-4-9-8(5-7-20-9)10(16)13(18)19/h5,7,10-11H,4,6,15H2,1-3H3,(H,18,19)/t10?,11-/m0/s1. The van der Waals surface area contributed by atoms with Crippen molar-refractivity contribution in [2.24, 2.45) is 11.1 Å². The van der Waals surface area contributed by atoms with Crippen molar-refractivity contribution in [2.45, 2.75) is 39.3 Å². The Labute approximate surface area is 122 Å². The number of hydrogen-bond donors (Lipinski definition) is 2. The van der Waals surface area contributed by atoms with Gasteiger partial charge >= 0.3 is 5.97 Å². The summed E-state index contributed by atoms with van der Waals surface area (Å²) in [6, 6.07) is 0.177. The average Bonchev–Trinajstić information content (AvgIpc) is 2.82. The molecule has 5 nitrogen and oxygen atoms in total. The van der Waals surface area contributed by atoms with Crippen LogP contribution < -0.4 is 5.73 Å². The Morgan fingerprint density at radius 1 is 1.50 bits per heavy atom. The molecule has 0 fully saturated rings. The fraction of sp³-hybridized carbons (Fsp3) is 0.571. The maximum absolute atomic E-state index is 12.5. The molecule has 1 aromatic rings. The number of amides is 1. The molecule has 1 unspecified atom stereocenters. The number of nitrogens with two attached hydrogens (primary N) is 1. The van der Waals surface area contributed by atoms with Crippen molar-refractivity contribution in [3.8, 4) is 0 Å². The summed E-state index contributed by atoms with van der Waals surface area (Å²) in [6.07, 6.45) is 0.694. The second-order valence-electron chi connectivity index (χ2n) is 6.17. The van der Waals surface area contributed by atoms with E-state index in [1.807, 2.05) is 26.2 Å². The third-order valence-corrected chi connectivity index (χ3v) is 4.68. The molecule has 2 rings (SSSR count). The van der Waals surface area contributed by atoms with E-state index in [2.05, 4.69) is 0 Å². The number of nitrogens with zero attached hydrogens (tertiary/aromatic N) is 1. The van der Waals surface area contributed by atoms with Crippen LogP contribution in [0.1, 0.15) is 37.3 Å². The van der Waals surface area contributed by atoms with Crippen LogP contribution in [0.25, 0.3) is 0 Å². The Kier molecular flexibility index (Phi) is 3.88. The maximum Gasteiger partial charge on any atom is 0.331 e. The van der Waals surface area contributed by atoms with E-state index < -0.39 is 23.5 Å². The number of rotatable bonds is 2. The van der Waals surface area contributed by atoms with Crippen molar-refractivity contribution >= 4 is 23.2 Å². The fourth-order valence-electron chi connectivity index (χ4n) is 2.37. The summed E-state index contributed by atoms with van der Waals surface area (Å²) in [4.78, 5) is 26.6. The number of thiophene rings is 1. The lowest BCUT2D eigenvalue weighted by Gasteiger charge is -2.37. The Hall–Kier alpha value is -1.40. The van der Waals surface area contributed by atoms with Crippen molar-refractivity contribution in [1.29, 1.82) is 0 Å². The molecule has 1 amide bonds. The van der Waals surface area contributed by atoms with Crippen molar-refractivity contribution in [3.05, 3.63) is 21.9 Å². The van der Waals surface area contributed by atoms with Crippen molar-refractivity contribution < 1.29 is 14.7 Å². The highest BCUT2D eigenvalue weighted by molar-refractivity contribution is 7.10. The van der Waals surface area contributed by atoms with Crippen LogP contribution in [0.4, 0.5) is 0 Å². The summed E-state index contributed by atoms with van der Waals surface area (Å²) in [7, 11) is 0. The van der Waals surface area contributed by atoms with E-state index in [1.165, 1.54) is 4.90 Å². The molecule has 3 N–H and O–H groups in total. The van der Waals surface area contributed by atoms with Gasteiger partial charge < -0.3 is 15.7 Å². The van der Waals surface area contributed by atoms with Gasteiger partial charge in [0.25, 0.3) is 0 Å². The molecule has 2 atom stereocenters. The zero-order valence-electron chi connectivity index (χ0n) is 11.9. The number of carbonyl (C=O) groups excluding carboxylic acids is 1. The number of carbonyl (C=O) groups is 2. The molecule has 0 aliphatic carbocycles. The summed E-state index contributed by atoms with van der Waals surface area (Å²) >= 11 is 1.54. The van der Waals surface area contributed by atoms with Crippen LogP contribution in [0.3, 0.4) is 0 Å². The van der Waals surface area contributed by atoms with Gasteiger partial charge in [-0.05, 0) is 28.8 Å². The number of fused-ring (bicyclic) bond motifs is 1. The Morgan fingerprint density at radius 3 is 2.70 bits per heavy atom. The molecule has 0 aromatic carbocycles. The van der Waals surface area contributed by atoms with Crippen LogP contribution >= 0.6 is 11.3 Å². The molecule has 0 bridgehead atoms. The lowest BCUT2D eigenvalue weighted by Crippen LogP contribution is -2.54. The van der Waals surface area contributed by atoms with Gasteiger partial charge in [-0.1, -0.05) is 20.8 Å². The highest BCUT2D eigenvalue weighted by Gasteiger charge is 2.40. The minimum atomic E-state index is -1.00. The molecule has 20 heavy (non-hydrogen) atoms. The summed E-state index contributed by atoms with van der Waals surface area (Å²) in [6.45, 7) is 6.05. The van der Waals surface area contributed by atoms with E-state index in [4.69, 9.17) is 5.73 Å². The first-order valence-electron chi connectivity index (χ1n) is 6.58. The van der Waals surface area contributed by atoms with Gasteiger partial charge in [0.2, 0.25) is 5.91 Å². The molecule has 1 aliphatic heterocycles. The molecule has 0 spiro atoms. The second-order valence-corrected chi connectivity index (χ2v) is 7.17. The van der Waals surface area contributed by atoms with E-state index in [9.17, 15) is 14.7 Å². The number of carboxylic acid groups (broad SMARTS) is 1. The van der Waals surface area contributed by atoms with Gasteiger partial charge in [-0.2, -0.15) is 0 Å². The Balaban J connectivity index is 2.33. The van der Waals surface area contributed by atoms with Crippen LogP contribution in [0.15, 0.2) is 11.4 Å². The molecule has 1 aliphatic rings. The smallest absolute Gasteiger partial charge is 0.331 e. The van der Waals surface area contributed by atoms with Gasteiger partial charge in [-0.3, -0.25) is 4.79 Å². The van der Waals surface area contributed by atoms with Crippen molar-refractivity contribution in [1.82, 2.24) is 4.90 Å². The van der Waals surface area contributed by atoms with E-state index in [0.717, 1.165) is 10.4 Å². The van der Waals surface area contributed by atoms with Gasteiger partial charge in [0.15, 0.2) is 6.04 Å². The fourth-order valence-corrected chi connectivity index (χ4v) is 3.27. The lowest BCUT2D eigenvalue weighted by molar-refractivity contribution is -0.152. The minimum absolute atomic E-state index is 0.290. The number of aliphatic carboxylic acids is 1. The molecule has 6 heteroatoms.